The molecule has 1 fully saturated rings. The first-order valence-electron chi connectivity index (χ1n) is 9.70. The van der Waals surface area contributed by atoms with Crippen LogP contribution in [0.15, 0.2) is 35.3 Å². The van der Waals surface area contributed by atoms with Crippen molar-refractivity contribution in [3.63, 3.8) is 0 Å². The number of alkyl halides is 3. The summed E-state index contributed by atoms with van der Waals surface area (Å²) in [7, 11) is 1.69. The molecular weight excluding hydrogens is 415 g/mol. The van der Waals surface area contributed by atoms with E-state index in [4.69, 9.17) is 0 Å². The van der Waals surface area contributed by atoms with E-state index < -0.39 is 23.9 Å². The fourth-order valence-electron chi connectivity index (χ4n) is 3.48. The molecule has 1 N–H and O–H groups in total. The zero-order chi connectivity index (χ0) is 22.3. The average molecular weight is 435 g/mol. The van der Waals surface area contributed by atoms with Crippen LogP contribution in [0.4, 0.5) is 13.2 Å². The maximum Gasteiger partial charge on any atom is 0.573 e. The van der Waals surface area contributed by atoms with Crippen molar-refractivity contribution in [3.05, 3.63) is 52.1 Å². The van der Waals surface area contributed by atoms with Gasteiger partial charge in [-0.25, -0.2) is 4.68 Å². The molecule has 1 saturated carbocycles. The highest BCUT2D eigenvalue weighted by atomic mass is 19.4. The number of fused-ring (bicyclic) bond motifs is 1. The molecule has 0 aliphatic heterocycles. The summed E-state index contributed by atoms with van der Waals surface area (Å²) in [6.07, 6.45) is -1.12. The summed E-state index contributed by atoms with van der Waals surface area (Å²) in [5.74, 6) is -0.444. The Kier molecular flexibility index (Phi) is 5.19. The molecule has 11 heteroatoms. The van der Waals surface area contributed by atoms with Crippen molar-refractivity contribution in [1.82, 2.24) is 24.9 Å². The monoisotopic (exact) mass is 435 g/mol. The second-order valence-electron chi connectivity index (χ2n) is 7.56. The highest BCUT2D eigenvalue weighted by molar-refractivity contribution is 5.81. The summed E-state index contributed by atoms with van der Waals surface area (Å²) in [6.45, 7) is 1.39. The Labute approximate surface area is 174 Å². The van der Waals surface area contributed by atoms with Crippen molar-refractivity contribution in [2.45, 2.75) is 44.6 Å². The summed E-state index contributed by atoms with van der Waals surface area (Å²) in [5.41, 5.74) is 1.44. The summed E-state index contributed by atoms with van der Waals surface area (Å²) in [6, 6.07) is 4.70. The van der Waals surface area contributed by atoms with Crippen LogP contribution in [0.25, 0.3) is 10.9 Å². The van der Waals surface area contributed by atoms with Gasteiger partial charge >= 0.3 is 6.36 Å². The van der Waals surface area contributed by atoms with Gasteiger partial charge in [-0.2, -0.15) is 10.2 Å². The van der Waals surface area contributed by atoms with E-state index in [0.29, 0.717) is 22.4 Å². The molecular formula is C20H20F3N5O3. The molecule has 2 heterocycles. The Bertz CT molecular complexity index is 1180. The molecule has 2 aromatic heterocycles. The number of aromatic nitrogens is 4. The lowest BCUT2D eigenvalue weighted by atomic mass is 10.1. The van der Waals surface area contributed by atoms with Gasteiger partial charge in [-0.3, -0.25) is 14.3 Å². The summed E-state index contributed by atoms with van der Waals surface area (Å²) in [4.78, 5) is 25.2. The van der Waals surface area contributed by atoms with E-state index in [1.54, 1.807) is 20.2 Å². The van der Waals surface area contributed by atoms with Gasteiger partial charge in [-0.05, 0) is 37.5 Å². The number of aryl methyl sites for hydroxylation is 1. The highest BCUT2D eigenvalue weighted by Crippen LogP contribution is 2.41. The van der Waals surface area contributed by atoms with Crippen molar-refractivity contribution in [2.75, 3.05) is 0 Å². The molecule has 164 valence electrons. The summed E-state index contributed by atoms with van der Waals surface area (Å²) in [5, 5.41) is 12.0. The Hall–Kier alpha value is -3.37. The standard InChI is InChI=1S/C20H20F3N5O3/c1-11(12-5-7-14(8-6-12)31-20(21,22)23)25-16(29)10-28-19(30)18-15(9-24-28)17(13-3-4-13)26-27(18)2/h5-9,11,13H,3-4,10H2,1-2H3,(H,25,29)/t11-/m0/s1. The van der Waals surface area contributed by atoms with Crippen LogP contribution in [0.2, 0.25) is 0 Å². The summed E-state index contributed by atoms with van der Waals surface area (Å²) < 4.78 is 43.2. The lowest BCUT2D eigenvalue weighted by Crippen LogP contribution is -2.35. The molecule has 0 saturated heterocycles. The van der Waals surface area contributed by atoms with Crippen molar-refractivity contribution in [3.8, 4) is 5.75 Å². The predicted molar refractivity (Wildman–Crippen MR) is 104 cm³/mol. The molecule has 1 aliphatic carbocycles. The molecule has 3 aromatic rings. The van der Waals surface area contributed by atoms with Crippen LogP contribution in [-0.2, 0) is 18.4 Å². The maximum atomic E-state index is 12.8. The molecule has 0 unspecified atom stereocenters. The minimum atomic E-state index is -4.77. The lowest BCUT2D eigenvalue weighted by Gasteiger charge is -2.15. The molecule has 31 heavy (non-hydrogen) atoms. The van der Waals surface area contributed by atoms with E-state index in [1.807, 2.05) is 0 Å². The smallest absolute Gasteiger partial charge is 0.406 e. The molecule has 1 aliphatic rings. The van der Waals surface area contributed by atoms with Crippen molar-refractivity contribution in [1.29, 1.82) is 0 Å². The second-order valence-corrected chi connectivity index (χ2v) is 7.56. The quantitative estimate of drug-likeness (QED) is 0.643. The van der Waals surface area contributed by atoms with E-state index >= 15 is 0 Å². The number of amides is 1. The highest BCUT2D eigenvalue weighted by Gasteiger charge is 2.31. The Morgan fingerprint density at radius 1 is 1.29 bits per heavy atom. The second kappa shape index (κ2) is 7.71. The summed E-state index contributed by atoms with van der Waals surface area (Å²) >= 11 is 0. The van der Waals surface area contributed by atoms with Crippen LogP contribution in [0.3, 0.4) is 0 Å². The lowest BCUT2D eigenvalue weighted by molar-refractivity contribution is -0.274. The molecule has 1 atom stereocenters. The largest absolute Gasteiger partial charge is 0.573 e. The Balaban J connectivity index is 1.45. The van der Waals surface area contributed by atoms with E-state index in [-0.39, 0.29) is 12.3 Å². The van der Waals surface area contributed by atoms with Crippen LogP contribution in [-0.4, -0.2) is 31.8 Å². The van der Waals surface area contributed by atoms with Gasteiger partial charge in [0, 0.05) is 18.4 Å². The number of ether oxygens (including phenoxy) is 1. The minimum Gasteiger partial charge on any atom is -0.406 e. The average Bonchev–Trinajstić information content (AvgIpc) is 3.46. The van der Waals surface area contributed by atoms with E-state index in [9.17, 15) is 22.8 Å². The first-order chi connectivity index (χ1) is 14.6. The number of halogens is 3. The maximum absolute atomic E-state index is 12.8. The number of carbonyl (C=O) groups excluding carboxylic acids is 1. The molecule has 4 rings (SSSR count). The SMILES string of the molecule is C[C@H](NC(=O)Cn1ncc2c(C3CC3)nn(C)c2c1=O)c1ccc(OC(F)(F)F)cc1. The first-order valence-corrected chi connectivity index (χ1v) is 9.70. The van der Waals surface area contributed by atoms with Gasteiger partial charge in [0.05, 0.1) is 17.9 Å². The van der Waals surface area contributed by atoms with Gasteiger partial charge in [0.15, 0.2) is 0 Å². The number of nitrogens with one attached hydrogen (secondary N) is 1. The first kappa shape index (κ1) is 20.9. The molecule has 1 amide bonds. The van der Waals surface area contributed by atoms with Gasteiger partial charge in [0.2, 0.25) is 5.91 Å². The van der Waals surface area contributed by atoms with Crippen molar-refractivity contribution >= 4 is 16.8 Å². The third-order valence-corrected chi connectivity index (χ3v) is 5.12. The van der Waals surface area contributed by atoms with E-state index in [1.165, 1.54) is 28.9 Å². The number of nitrogens with zero attached hydrogens (tertiary/aromatic N) is 4. The van der Waals surface area contributed by atoms with Crippen LogP contribution >= 0.6 is 0 Å². The molecule has 8 nitrogen and oxygen atoms in total. The molecule has 0 spiro atoms. The zero-order valence-electron chi connectivity index (χ0n) is 16.8. The minimum absolute atomic E-state index is 0.293. The van der Waals surface area contributed by atoms with Gasteiger partial charge < -0.3 is 10.1 Å². The zero-order valence-corrected chi connectivity index (χ0v) is 16.8. The van der Waals surface area contributed by atoms with Gasteiger partial charge in [0.25, 0.3) is 5.56 Å². The van der Waals surface area contributed by atoms with Crippen LogP contribution < -0.4 is 15.6 Å². The normalized spacial score (nSPS) is 15.1. The number of carbonyl (C=O) groups is 1. The number of hydrogen-bond acceptors (Lipinski definition) is 5. The van der Waals surface area contributed by atoms with Crippen LogP contribution in [0.5, 0.6) is 5.75 Å². The van der Waals surface area contributed by atoms with E-state index in [2.05, 4.69) is 20.3 Å². The Morgan fingerprint density at radius 3 is 2.58 bits per heavy atom. The third kappa shape index (κ3) is 4.54. The topological polar surface area (TPSA) is 91.0 Å². The van der Waals surface area contributed by atoms with Gasteiger partial charge in [-0.1, -0.05) is 12.1 Å². The number of rotatable bonds is 6. The van der Waals surface area contributed by atoms with Crippen molar-refractivity contribution in [2.24, 2.45) is 7.05 Å². The van der Waals surface area contributed by atoms with Gasteiger partial charge in [0.1, 0.15) is 17.8 Å². The predicted octanol–water partition coefficient (Wildman–Crippen LogP) is 2.78. The molecule has 0 bridgehead atoms. The van der Waals surface area contributed by atoms with Crippen LogP contribution in [0.1, 0.15) is 43.0 Å². The molecule has 1 aromatic carbocycles. The number of benzene rings is 1. The fourth-order valence-corrected chi connectivity index (χ4v) is 3.48. The van der Waals surface area contributed by atoms with Crippen LogP contribution in [0, 0.1) is 0 Å². The molecule has 0 radical (unpaired) electrons. The Morgan fingerprint density at radius 2 is 1.97 bits per heavy atom. The number of hydrogen-bond donors (Lipinski definition) is 1. The third-order valence-electron chi connectivity index (χ3n) is 5.12. The van der Waals surface area contributed by atoms with Gasteiger partial charge in [-0.15, -0.1) is 13.2 Å². The van der Waals surface area contributed by atoms with Crippen molar-refractivity contribution < 1.29 is 22.7 Å². The van der Waals surface area contributed by atoms with E-state index in [0.717, 1.165) is 23.2 Å². The fraction of sp³-hybridized carbons (Fsp3) is 0.400.